The second kappa shape index (κ2) is 3.36. The maximum absolute atomic E-state index is 10.6. The monoisotopic (exact) mass is 198 g/mol. The molecular formula is C7H6N2O5. The van der Waals surface area contributed by atoms with E-state index in [4.69, 9.17) is 0 Å². The number of nitrogens with zero attached hydrogens (tertiary/aromatic N) is 2. The van der Waals surface area contributed by atoms with Gasteiger partial charge in [0, 0.05) is 15.9 Å². The normalized spacial score (nSPS) is 29.9. The Morgan fingerprint density at radius 3 is 2.29 bits per heavy atom. The second-order valence-electron chi connectivity index (χ2n) is 2.74. The Morgan fingerprint density at radius 1 is 1.29 bits per heavy atom. The van der Waals surface area contributed by atoms with Crippen molar-refractivity contribution in [3.05, 3.63) is 44.5 Å². The zero-order valence-electron chi connectivity index (χ0n) is 6.90. The van der Waals surface area contributed by atoms with Crippen LogP contribution < -0.4 is 0 Å². The van der Waals surface area contributed by atoms with Crippen molar-refractivity contribution >= 4 is 6.29 Å². The van der Waals surface area contributed by atoms with E-state index in [0.717, 1.165) is 12.2 Å². The fraction of sp³-hybridized carbons (Fsp3) is 0.286. The Morgan fingerprint density at radius 2 is 1.93 bits per heavy atom. The number of rotatable bonds is 3. The van der Waals surface area contributed by atoms with Gasteiger partial charge in [-0.15, -0.1) is 0 Å². The third-order valence-corrected chi connectivity index (χ3v) is 1.97. The van der Waals surface area contributed by atoms with E-state index in [2.05, 4.69) is 0 Å². The van der Waals surface area contributed by atoms with E-state index in [1.807, 2.05) is 0 Å². The van der Waals surface area contributed by atoms with Crippen LogP contribution in [0.3, 0.4) is 0 Å². The molecule has 1 aliphatic rings. The minimum absolute atomic E-state index is 0.0134. The van der Waals surface area contributed by atoms with Crippen molar-refractivity contribution in [3.63, 3.8) is 0 Å². The van der Waals surface area contributed by atoms with Crippen molar-refractivity contribution in [2.45, 2.75) is 11.6 Å². The molecule has 7 nitrogen and oxygen atoms in total. The van der Waals surface area contributed by atoms with Crippen LogP contribution in [0.5, 0.6) is 0 Å². The molecule has 0 aliphatic heterocycles. The molecule has 0 aromatic rings. The topological polar surface area (TPSA) is 103 Å². The average Bonchev–Trinajstić information content (AvgIpc) is 2.17. The molecule has 0 N–H and O–H groups in total. The van der Waals surface area contributed by atoms with Crippen LogP contribution >= 0.6 is 0 Å². The molecule has 0 amide bonds. The van der Waals surface area contributed by atoms with Crippen molar-refractivity contribution < 1.29 is 14.6 Å². The molecule has 0 spiro atoms. The summed E-state index contributed by atoms with van der Waals surface area (Å²) in [5.41, 5.74) is -2.27. The van der Waals surface area contributed by atoms with Gasteiger partial charge in [-0.1, -0.05) is 12.2 Å². The van der Waals surface area contributed by atoms with Crippen LogP contribution in [0.2, 0.25) is 0 Å². The van der Waals surface area contributed by atoms with Crippen LogP contribution in [0, 0.1) is 20.2 Å². The highest BCUT2D eigenvalue weighted by molar-refractivity contribution is 5.68. The third kappa shape index (κ3) is 1.28. The van der Waals surface area contributed by atoms with Crippen molar-refractivity contribution in [3.8, 4) is 0 Å². The van der Waals surface area contributed by atoms with Gasteiger partial charge < -0.3 is 0 Å². The summed E-state index contributed by atoms with van der Waals surface area (Å²) in [5.74, 6) is 0. The van der Waals surface area contributed by atoms with E-state index in [0.29, 0.717) is 0 Å². The zero-order chi connectivity index (χ0) is 10.8. The summed E-state index contributed by atoms with van der Waals surface area (Å²) in [6, 6.07) is -1.64. The third-order valence-electron chi connectivity index (χ3n) is 1.97. The molecule has 2 atom stereocenters. The van der Waals surface area contributed by atoms with Crippen LogP contribution in [0.1, 0.15) is 0 Å². The minimum atomic E-state index is -2.27. The number of nitro groups is 2. The first kappa shape index (κ1) is 10.0. The molecule has 0 fully saturated rings. The van der Waals surface area contributed by atoms with E-state index in [1.54, 1.807) is 0 Å². The first-order valence-electron chi connectivity index (χ1n) is 3.65. The number of hydrogen-bond donors (Lipinski definition) is 0. The molecule has 0 saturated carbocycles. The fourth-order valence-electron chi connectivity index (χ4n) is 1.19. The number of carbonyl (C=O) groups is 1. The summed E-state index contributed by atoms with van der Waals surface area (Å²) < 4.78 is 0. The molecule has 1 rings (SSSR count). The van der Waals surface area contributed by atoms with Crippen LogP contribution in [0.25, 0.3) is 0 Å². The summed E-state index contributed by atoms with van der Waals surface area (Å²) in [7, 11) is 0. The molecule has 0 heterocycles. The lowest BCUT2D eigenvalue weighted by Gasteiger charge is -2.18. The number of hydrogen-bond acceptors (Lipinski definition) is 5. The maximum atomic E-state index is 10.6. The molecule has 0 saturated heterocycles. The highest BCUT2D eigenvalue weighted by Gasteiger charge is 2.56. The van der Waals surface area contributed by atoms with Gasteiger partial charge in [0.1, 0.15) is 0 Å². The van der Waals surface area contributed by atoms with Crippen molar-refractivity contribution in [2.24, 2.45) is 0 Å². The number of allylic oxidation sites excluding steroid dienone is 2. The van der Waals surface area contributed by atoms with Crippen molar-refractivity contribution in [1.29, 1.82) is 0 Å². The van der Waals surface area contributed by atoms with Gasteiger partial charge in [-0.05, 0) is 6.08 Å². The first-order chi connectivity index (χ1) is 6.54. The molecule has 0 aromatic heterocycles. The summed E-state index contributed by atoms with van der Waals surface area (Å²) in [6.45, 7) is 0. The number of carbonyl (C=O) groups excluding carboxylic acids is 1. The van der Waals surface area contributed by atoms with Gasteiger partial charge in [0.05, 0.1) is 0 Å². The maximum Gasteiger partial charge on any atom is 0.363 e. The molecule has 2 unspecified atom stereocenters. The van der Waals surface area contributed by atoms with Gasteiger partial charge in [-0.3, -0.25) is 25.0 Å². The zero-order valence-corrected chi connectivity index (χ0v) is 6.90. The van der Waals surface area contributed by atoms with E-state index in [1.165, 1.54) is 12.2 Å². The highest BCUT2D eigenvalue weighted by atomic mass is 16.6. The van der Waals surface area contributed by atoms with Crippen molar-refractivity contribution in [2.75, 3.05) is 0 Å². The van der Waals surface area contributed by atoms with Gasteiger partial charge in [-0.2, -0.15) is 0 Å². The summed E-state index contributed by atoms with van der Waals surface area (Å²) >= 11 is 0. The van der Waals surface area contributed by atoms with E-state index >= 15 is 0 Å². The summed E-state index contributed by atoms with van der Waals surface area (Å²) in [5, 5.41) is 21.1. The summed E-state index contributed by atoms with van der Waals surface area (Å²) in [4.78, 5) is 29.9. The molecule has 0 radical (unpaired) electrons. The molecule has 0 bridgehead atoms. The average molecular weight is 198 g/mol. The molecule has 7 heteroatoms. The smallest absolute Gasteiger partial charge is 0.295 e. The van der Waals surface area contributed by atoms with E-state index in [9.17, 15) is 25.0 Å². The van der Waals surface area contributed by atoms with Gasteiger partial charge >= 0.3 is 11.6 Å². The van der Waals surface area contributed by atoms with Crippen LogP contribution in [-0.2, 0) is 4.79 Å². The van der Waals surface area contributed by atoms with Gasteiger partial charge in [-0.25, -0.2) is 0 Å². The lowest BCUT2D eigenvalue weighted by Crippen LogP contribution is -2.52. The van der Waals surface area contributed by atoms with Crippen molar-refractivity contribution in [1.82, 2.24) is 0 Å². The molecule has 0 aromatic carbocycles. The van der Waals surface area contributed by atoms with Gasteiger partial charge in [0.2, 0.25) is 6.29 Å². The second-order valence-corrected chi connectivity index (χ2v) is 2.74. The highest BCUT2D eigenvalue weighted by Crippen LogP contribution is 2.22. The predicted molar refractivity (Wildman–Crippen MR) is 44.9 cm³/mol. The quantitative estimate of drug-likeness (QED) is 0.360. The Bertz CT molecular complexity index is 348. The summed E-state index contributed by atoms with van der Waals surface area (Å²) in [6.07, 6.45) is 4.49. The number of aldehydes is 1. The van der Waals surface area contributed by atoms with Crippen LogP contribution in [-0.4, -0.2) is 27.7 Å². The van der Waals surface area contributed by atoms with Crippen LogP contribution in [0.4, 0.5) is 0 Å². The Balaban J connectivity index is 3.22. The Hall–Kier alpha value is -2.05. The van der Waals surface area contributed by atoms with E-state index in [-0.39, 0.29) is 6.29 Å². The SMILES string of the molecule is O=CC1([N+](=O)[O-])C=CC=CC1[N+](=O)[O-]. The van der Waals surface area contributed by atoms with Crippen LogP contribution in [0.15, 0.2) is 24.3 Å². The molecular weight excluding hydrogens is 192 g/mol. The first-order valence-corrected chi connectivity index (χ1v) is 3.65. The molecule has 1 aliphatic carbocycles. The lowest BCUT2D eigenvalue weighted by molar-refractivity contribution is -0.618. The largest absolute Gasteiger partial charge is 0.363 e. The van der Waals surface area contributed by atoms with E-state index < -0.39 is 21.4 Å². The minimum Gasteiger partial charge on any atom is -0.295 e. The lowest BCUT2D eigenvalue weighted by atomic mass is 9.89. The fourth-order valence-corrected chi connectivity index (χ4v) is 1.19. The van der Waals surface area contributed by atoms with Gasteiger partial charge in [0.15, 0.2) is 0 Å². The molecule has 74 valence electrons. The predicted octanol–water partition coefficient (Wildman–Crippen LogP) is -0.0279. The Kier molecular flexibility index (Phi) is 2.41. The standard InChI is InChI=1S/C7H6N2O5/c10-5-7(9(13)14)4-2-1-3-6(7)8(11)12/h1-6H. The van der Waals surface area contributed by atoms with Gasteiger partial charge in [0.25, 0.3) is 0 Å². The molecule has 14 heavy (non-hydrogen) atoms. The Labute approximate surface area is 78.0 Å².